The Labute approximate surface area is 162 Å². The normalized spacial score (nSPS) is 18.1. The summed E-state index contributed by atoms with van der Waals surface area (Å²) in [4.78, 5) is 16.5. The van der Waals surface area contributed by atoms with Gasteiger partial charge < -0.3 is 20.0 Å². The first-order chi connectivity index (χ1) is 13.2. The quantitative estimate of drug-likeness (QED) is 0.876. The molecule has 0 amide bonds. The Hall–Kier alpha value is -2.34. The Balaban J connectivity index is 1.45. The fourth-order valence-corrected chi connectivity index (χ4v) is 3.95. The highest BCUT2D eigenvalue weighted by atomic mass is 15.3. The van der Waals surface area contributed by atoms with E-state index in [1.807, 2.05) is 6.92 Å². The van der Waals surface area contributed by atoms with Gasteiger partial charge in [0.15, 0.2) is 0 Å². The topological polar surface area (TPSA) is 47.5 Å². The first kappa shape index (κ1) is 18.0. The van der Waals surface area contributed by atoms with E-state index in [-0.39, 0.29) is 0 Å². The van der Waals surface area contributed by atoms with Crippen molar-refractivity contribution in [3.8, 4) is 0 Å². The number of piperazine rings is 1. The minimum atomic E-state index is 0.807. The molecule has 0 unspecified atom stereocenters. The van der Waals surface area contributed by atoms with Gasteiger partial charge in [-0.3, -0.25) is 0 Å². The standard InChI is InChI=1S/C21H30N6/c1-3-25-12-14-27(15-13-25)21-16-20(22-17(2)23-21)24-18-6-8-19(9-7-18)26-10-4-5-11-26/h6-9,16H,3-5,10-15H2,1-2H3,(H,22,23,24). The lowest BCUT2D eigenvalue weighted by Crippen LogP contribution is -2.46. The molecule has 6 nitrogen and oxygen atoms in total. The molecule has 2 fully saturated rings. The van der Waals surface area contributed by atoms with Crippen molar-refractivity contribution in [3.05, 3.63) is 36.2 Å². The maximum atomic E-state index is 4.67. The number of likely N-dealkylation sites (N-methyl/N-ethyl adjacent to an activating group) is 1. The van der Waals surface area contributed by atoms with Crippen LogP contribution in [0.4, 0.5) is 23.0 Å². The molecule has 0 radical (unpaired) electrons. The van der Waals surface area contributed by atoms with Crippen molar-refractivity contribution in [2.75, 3.05) is 60.9 Å². The van der Waals surface area contributed by atoms with E-state index in [1.165, 1.54) is 31.6 Å². The molecular weight excluding hydrogens is 336 g/mol. The number of nitrogens with one attached hydrogen (secondary N) is 1. The summed E-state index contributed by atoms with van der Waals surface area (Å²) < 4.78 is 0. The van der Waals surface area contributed by atoms with Gasteiger partial charge >= 0.3 is 0 Å². The molecule has 1 aromatic heterocycles. The number of benzene rings is 1. The van der Waals surface area contributed by atoms with E-state index < -0.39 is 0 Å². The van der Waals surface area contributed by atoms with Crippen molar-refractivity contribution in [2.45, 2.75) is 26.7 Å². The molecule has 1 N–H and O–H groups in total. The van der Waals surface area contributed by atoms with Gasteiger partial charge in [-0.25, -0.2) is 9.97 Å². The summed E-state index contributed by atoms with van der Waals surface area (Å²) in [5.74, 6) is 2.69. The van der Waals surface area contributed by atoms with Gasteiger partial charge in [-0.1, -0.05) is 6.92 Å². The number of nitrogens with zero attached hydrogens (tertiary/aromatic N) is 5. The van der Waals surface area contributed by atoms with Crippen LogP contribution in [0, 0.1) is 6.92 Å². The monoisotopic (exact) mass is 366 g/mol. The van der Waals surface area contributed by atoms with Gasteiger partial charge in [-0.2, -0.15) is 0 Å². The molecule has 0 atom stereocenters. The van der Waals surface area contributed by atoms with Crippen LogP contribution >= 0.6 is 0 Å². The third kappa shape index (κ3) is 4.33. The number of anilines is 4. The lowest BCUT2D eigenvalue weighted by molar-refractivity contribution is 0.270. The third-order valence-electron chi connectivity index (χ3n) is 5.58. The predicted molar refractivity (Wildman–Crippen MR) is 112 cm³/mol. The summed E-state index contributed by atoms with van der Waals surface area (Å²) in [5, 5.41) is 3.46. The van der Waals surface area contributed by atoms with Crippen LogP contribution in [0.3, 0.4) is 0 Å². The van der Waals surface area contributed by atoms with Crippen molar-refractivity contribution >= 4 is 23.0 Å². The van der Waals surface area contributed by atoms with Gasteiger partial charge in [0.25, 0.3) is 0 Å². The Bertz CT molecular complexity index is 746. The summed E-state index contributed by atoms with van der Waals surface area (Å²) in [6.45, 7) is 11.9. The van der Waals surface area contributed by atoms with Crippen LogP contribution in [0.2, 0.25) is 0 Å². The van der Waals surface area contributed by atoms with Crippen LogP contribution in [0.25, 0.3) is 0 Å². The Kier molecular flexibility index (Phi) is 5.43. The number of aromatic nitrogens is 2. The largest absolute Gasteiger partial charge is 0.372 e. The smallest absolute Gasteiger partial charge is 0.136 e. The highest BCUT2D eigenvalue weighted by molar-refractivity contribution is 5.63. The molecule has 144 valence electrons. The van der Waals surface area contributed by atoms with Gasteiger partial charge in [0.05, 0.1) is 0 Å². The average Bonchev–Trinajstić information content (AvgIpc) is 3.23. The maximum Gasteiger partial charge on any atom is 0.136 e. The average molecular weight is 367 g/mol. The fourth-order valence-electron chi connectivity index (χ4n) is 3.95. The second-order valence-electron chi connectivity index (χ2n) is 7.45. The molecule has 0 saturated carbocycles. The molecule has 0 spiro atoms. The number of hydrogen-bond acceptors (Lipinski definition) is 6. The Morgan fingerprint density at radius 1 is 0.889 bits per heavy atom. The second-order valence-corrected chi connectivity index (χ2v) is 7.45. The second kappa shape index (κ2) is 8.13. The lowest BCUT2D eigenvalue weighted by atomic mass is 10.2. The zero-order chi connectivity index (χ0) is 18.6. The summed E-state index contributed by atoms with van der Waals surface area (Å²) in [5.41, 5.74) is 2.38. The lowest BCUT2D eigenvalue weighted by Gasteiger charge is -2.34. The maximum absolute atomic E-state index is 4.67. The molecule has 3 heterocycles. The van der Waals surface area contributed by atoms with Crippen LogP contribution in [0.15, 0.2) is 30.3 Å². The summed E-state index contributed by atoms with van der Waals surface area (Å²) >= 11 is 0. The van der Waals surface area contributed by atoms with Crippen LogP contribution in [-0.2, 0) is 0 Å². The van der Waals surface area contributed by atoms with Crippen molar-refractivity contribution in [2.24, 2.45) is 0 Å². The van der Waals surface area contributed by atoms with E-state index in [0.717, 1.165) is 55.9 Å². The first-order valence-electron chi connectivity index (χ1n) is 10.2. The molecule has 4 rings (SSSR count). The molecule has 0 bridgehead atoms. The number of hydrogen-bond donors (Lipinski definition) is 1. The molecule has 0 aliphatic carbocycles. The molecule has 2 aromatic rings. The summed E-state index contributed by atoms with van der Waals surface area (Å²) in [6.07, 6.45) is 2.60. The molecule has 2 aliphatic rings. The molecular formula is C21H30N6. The van der Waals surface area contributed by atoms with Crippen LogP contribution in [-0.4, -0.2) is 60.7 Å². The van der Waals surface area contributed by atoms with Crippen LogP contribution in [0.1, 0.15) is 25.6 Å². The third-order valence-corrected chi connectivity index (χ3v) is 5.58. The van der Waals surface area contributed by atoms with E-state index in [9.17, 15) is 0 Å². The van der Waals surface area contributed by atoms with Gasteiger partial charge in [0.1, 0.15) is 17.5 Å². The van der Waals surface area contributed by atoms with E-state index >= 15 is 0 Å². The highest BCUT2D eigenvalue weighted by Gasteiger charge is 2.18. The zero-order valence-corrected chi connectivity index (χ0v) is 16.5. The molecule has 2 aliphatic heterocycles. The van der Waals surface area contributed by atoms with E-state index in [0.29, 0.717) is 0 Å². The van der Waals surface area contributed by atoms with Gasteiger partial charge in [0.2, 0.25) is 0 Å². The SMILES string of the molecule is CCN1CCN(c2cc(Nc3ccc(N4CCCC4)cc3)nc(C)n2)CC1. The van der Waals surface area contributed by atoms with Crippen molar-refractivity contribution in [3.63, 3.8) is 0 Å². The summed E-state index contributed by atoms with van der Waals surface area (Å²) in [6, 6.07) is 10.8. The predicted octanol–water partition coefficient (Wildman–Crippen LogP) is 3.27. The number of rotatable bonds is 5. The summed E-state index contributed by atoms with van der Waals surface area (Å²) in [7, 11) is 0. The van der Waals surface area contributed by atoms with Crippen molar-refractivity contribution in [1.82, 2.24) is 14.9 Å². The van der Waals surface area contributed by atoms with Crippen LogP contribution < -0.4 is 15.1 Å². The Morgan fingerprint density at radius 2 is 1.59 bits per heavy atom. The minimum Gasteiger partial charge on any atom is -0.372 e. The van der Waals surface area contributed by atoms with E-state index in [1.54, 1.807) is 0 Å². The fraction of sp³-hybridized carbons (Fsp3) is 0.524. The first-order valence-corrected chi connectivity index (χ1v) is 10.2. The van der Waals surface area contributed by atoms with Gasteiger partial charge in [0, 0.05) is 56.7 Å². The molecule has 6 heteroatoms. The molecule has 2 saturated heterocycles. The highest BCUT2D eigenvalue weighted by Crippen LogP contribution is 2.25. The van der Waals surface area contributed by atoms with Crippen LogP contribution in [0.5, 0.6) is 0 Å². The molecule has 27 heavy (non-hydrogen) atoms. The van der Waals surface area contributed by atoms with Gasteiger partial charge in [-0.15, -0.1) is 0 Å². The minimum absolute atomic E-state index is 0.807. The van der Waals surface area contributed by atoms with E-state index in [2.05, 4.69) is 67.2 Å². The van der Waals surface area contributed by atoms with Crippen molar-refractivity contribution < 1.29 is 0 Å². The zero-order valence-electron chi connectivity index (χ0n) is 16.5. The Morgan fingerprint density at radius 3 is 2.26 bits per heavy atom. The van der Waals surface area contributed by atoms with Gasteiger partial charge in [-0.05, 0) is 50.6 Å². The van der Waals surface area contributed by atoms with Crippen molar-refractivity contribution in [1.29, 1.82) is 0 Å². The molecule has 1 aromatic carbocycles. The van der Waals surface area contributed by atoms with E-state index in [4.69, 9.17) is 0 Å². The number of aryl methyl sites for hydroxylation is 1.